The summed E-state index contributed by atoms with van der Waals surface area (Å²) in [6, 6.07) is 71.0. The minimum absolute atomic E-state index is 0. The smallest absolute Gasteiger partial charge is 0.438 e. The summed E-state index contributed by atoms with van der Waals surface area (Å²) >= 11 is 0. The maximum atomic E-state index is 11.5. The Kier molecular flexibility index (Phi) is 16.1. The Labute approximate surface area is 379 Å². The van der Waals surface area contributed by atoms with Crippen molar-refractivity contribution in [3.8, 4) is 11.6 Å². The predicted octanol–water partition coefficient (Wildman–Crippen LogP) is 8.60. The molecule has 1 aromatic heterocycles. The molecule has 7 aromatic carbocycles. The summed E-state index contributed by atoms with van der Waals surface area (Å²) in [5.74, 6) is 0.0969. The molecule has 9 rings (SSSR count). The van der Waals surface area contributed by atoms with Gasteiger partial charge in [-0.1, -0.05) is 133 Å². The largest absolute Gasteiger partial charge is 2.00 e. The first-order chi connectivity index (χ1) is 29.6. The Balaban J connectivity index is 0.000000157. The molecule has 1 amide bonds. The molecule has 0 saturated carbocycles. The van der Waals surface area contributed by atoms with Crippen LogP contribution in [0.4, 0.5) is 0 Å². The van der Waals surface area contributed by atoms with Crippen molar-refractivity contribution >= 4 is 66.2 Å². The van der Waals surface area contributed by atoms with Crippen molar-refractivity contribution < 1.29 is 35.9 Å². The minimum atomic E-state index is -0.592. The minimum Gasteiger partial charge on any atom is -0.438 e. The molecule has 8 aromatic rings. The molecule has 0 atom stereocenters. The monoisotopic (exact) mass is 894 g/mol. The number of hydrogen-bond acceptors (Lipinski definition) is 5. The van der Waals surface area contributed by atoms with Gasteiger partial charge >= 0.3 is 24.2 Å². The van der Waals surface area contributed by atoms with E-state index in [2.05, 4.69) is 175 Å². The van der Waals surface area contributed by atoms with Crippen LogP contribution >= 0.6 is 15.8 Å². The van der Waals surface area contributed by atoms with Gasteiger partial charge in [-0.25, -0.2) is 29.2 Å². The van der Waals surface area contributed by atoms with Crippen molar-refractivity contribution in [1.82, 2.24) is 4.98 Å². The van der Waals surface area contributed by atoms with Crippen LogP contribution in [0.3, 0.4) is 0 Å². The summed E-state index contributed by atoms with van der Waals surface area (Å²) in [6.45, 7) is 8.00. The fourth-order valence-corrected chi connectivity index (χ4v) is 11.3. The molecule has 2 N–H and O–H groups in total. The summed E-state index contributed by atoms with van der Waals surface area (Å²) in [4.78, 5) is 15.6. The number of ether oxygens (including phenoxy) is 1. The van der Waals surface area contributed by atoms with Crippen LogP contribution in [0.2, 0.25) is 0 Å². The molecule has 2 heterocycles. The molecule has 312 valence electrons. The SMILES string of the molecule is CC1(C)OB(c2cccc(Oc3ncccc3C(N)=O)c2)OC1(C)C.[Fe+2].c1ccc(P(c2ccccc2)c2ccc[cH-]2)cc1.c1ccc(P(c2ccccc2)c2ccc[cH-]2)cc1. The van der Waals surface area contributed by atoms with Crippen LogP contribution in [0.1, 0.15) is 38.1 Å². The van der Waals surface area contributed by atoms with E-state index in [1.165, 1.54) is 31.8 Å². The molecule has 1 saturated heterocycles. The molecule has 1 fully saturated rings. The summed E-state index contributed by atoms with van der Waals surface area (Å²) in [5, 5.41) is 8.47. The standard InChI is InChI=1S/C18H21BN2O4.2C17H14P.Fe/c1-17(2)18(3,4)25-19(24-17)12-7-5-8-13(11-12)23-16-14(15(20)22)9-6-10-21-16;2*1-3-9-15(10-4-1)18(17-13-7-8-14-17)16-11-5-2-6-12-16;/h5-11H,1-4H3,(H2,20,22);2*1-14H;/q;2*-1;+2. The Morgan fingerprint density at radius 1 is 0.581 bits per heavy atom. The van der Waals surface area contributed by atoms with Gasteiger partial charge in [0.15, 0.2) is 0 Å². The first kappa shape index (κ1) is 46.1. The maximum absolute atomic E-state index is 11.5. The number of amides is 1. The van der Waals surface area contributed by atoms with Gasteiger partial charge in [0.25, 0.3) is 5.91 Å². The Bertz CT molecular complexity index is 2350. The number of rotatable bonds is 10. The molecule has 0 radical (unpaired) electrons. The van der Waals surface area contributed by atoms with Gasteiger partial charge in [0.05, 0.1) is 11.2 Å². The van der Waals surface area contributed by atoms with Crippen LogP contribution < -0.4 is 47.8 Å². The number of pyridine rings is 1. The third-order valence-corrected chi connectivity index (χ3v) is 15.4. The van der Waals surface area contributed by atoms with E-state index in [1.54, 1.807) is 24.4 Å². The normalized spacial score (nSPS) is 13.5. The number of carbonyl (C=O) groups is 1. The molecule has 10 heteroatoms. The molecule has 6 nitrogen and oxygen atoms in total. The molecule has 1 aliphatic heterocycles. The number of nitrogens with zero attached hydrogens (tertiary/aromatic N) is 1. The fourth-order valence-electron chi connectivity index (χ4n) is 6.70. The number of benzene rings is 5. The van der Waals surface area contributed by atoms with E-state index in [1.807, 2.05) is 45.9 Å². The van der Waals surface area contributed by atoms with Crippen LogP contribution in [0.15, 0.2) is 212 Å². The van der Waals surface area contributed by atoms with Crippen molar-refractivity contribution in [2.24, 2.45) is 5.73 Å². The first-order valence-electron chi connectivity index (χ1n) is 20.2. The van der Waals surface area contributed by atoms with Crippen LogP contribution in [0.25, 0.3) is 0 Å². The van der Waals surface area contributed by atoms with E-state index >= 15 is 0 Å². The van der Waals surface area contributed by atoms with Crippen molar-refractivity contribution in [2.45, 2.75) is 38.9 Å². The summed E-state index contributed by atoms with van der Waals surface area (Å²) in [5.41, 5.74) is 5.57. The molecule has 0 spiro atoms. The van der Waals surface area contributed by atoms with E-state index in [0.29, 0.717) is 5.75 Å². The van der Waals surface area contributed by atoms with Crippen LogP contribution in [-0.4, -0.2) is 29.2 Å². The number of aromatic nitrogens is 1. The van der Waals surface area contributed by atoms with Gasteiger partial charge in [-0.15, -0.1) is 10.6 Å². The zero-order chi connectivity index (χ0) is 42.7. The predicted molar refractivity (Wildman–Crippen MR) is 256 cm³/mol. The second-order valence-electron chi connectivity index (χ2n) is 15.3. The van der Waals surface area contributed by atoms with Crippen LogP contribution in [0, 0.1) is 0 Å². The third-order valence-electron chi connectivity index (χ3n) is 10.5. The van der Waals surface area contributed by atoms with Crippen molar-refractivity contribution in [2.75, 3.05) is 0 Å². The molecule has 0 aliphatic carbocycles. The zero-order valence-electron chi connectivity index (χ0n) is 35.2. The average Bonchev–Trinajstić information content (AvgIpc) is 4.06. The number of hydrogen-bond donors (Lipinski definition) is 1. The second kappa shape index (κ2) is 21.6. The summed E-state index contributed by atoms with van der Waals surface area (Å²) < 4.78 is 17.9. The molecular formula is C52H49BFeN2O4P2. The molecular weight excluding hydrogens is 845 g/mol. The van der Waals surface area contributed by atoms with E-state index < -0.39 is 40.1 Å². The number of carbonyl (C=O) groups excluding carboxylic acids is 1. The van der Waals surface area contributed by atoms with E-state index in [9.17, 15) is 4.79 Å². The maximum Gasteiger partial charge on any atom is 2.00 e. The van der Waals surface area contributed by atoms with E-state index in [-0.39, 0.29) is 28.5 Å². The number of primary amides is 1. The molecule has 0 unspecified atom stereocenters. The van der Waals surface area contributed by atoms with Gasteiger partial charge in [0, 0.05) is 6.20 Å². The van der Waals surface area contributed by atoms with Gasteiger partial charge in [-0.2, -0.15) is 24.3 Å². The van der Waals surface area contributed by atoms with Crippen LogP contribution in [0.5, 0.6) is 11.6 Å². The van der Waals surface area contributed by atoms with Gasteiger partial charge in [-0.05, 0) is 94.5 Å². The molecule has 0 bridgehead atoms. The van der Waals surface area contributed by atoms with Crippen molar-refractivity contribution in [1.29, 1.82) is 0 Å². The quantitative estimate of drug-likeness (QED) is 0.0846. The van der Waals surface area contributed by atoms with E-state index in [4.69, 9.17) is 19.8 Å². The van der Waals surface area contributed by atoms with Crippen molar-refractivity contribution in [3.63, 3.8) is 0 Å². The summed E-state index contributed by atoms with van der Waals surface area (Å²) in [7, 11) is -1.31. The Hall–Kier alpha value is -5.42. The second-order valence-corrected chi connectivity index (χ2v) is 19.7. The fraction of sp³-hybridized carbons (Fsp3) is 0.115. The Morgan fingerprint density at radius 2 is 1.02 bits per heavy atom. The Morgan fingerprint density at radius 3 is 1.40 bits per heavy atom. The third kappa shape index (κ3) is 11.5. The molecule has 62 heavy (non-hydrogen) atoms. The summed E-state index contributed by atoms with van der Waals surface area (Å²) in [6.07, 6.45) is 1.54. The topological polar surface area (TPSA) is 83.7 Å². The zero-order valence-corrected chi connectivity index (χ0v) is 38.1. The van der Waals surface area contributed by atoms with Gasteiger partial charge in [-0.3, -0.25) is 4.79 Å². The van der Waals surface area contributed by atoms with Gasteiger partial charge < -0.3 is 19.8 Å². The molecule has 1 aliphatic rings. The van der Waals surface area contributed by atoms with E-state index in [0.717, 1.165) is 5.46 Å². The average molecular weight is 895 g/mol. The van der Waals surface area contributed by atoms with Gasteiger partial charge in [0.2, 0.25) is 5.88 Å². The van der Waals surface area contributed by atoms with Crippen molar-refractivity contribution in [3.05, 3.63) is 218 Å². The first-order valence-corrected chi connectivity index (χ1v) is 22.9. The van der Waals surface area contributed by atoms with Gasteiger partial charge in [0.1, 0.15) is 11.3 Å². The number of nitrogens with two attached hydrogens (primary N) is 1. The van der Waals surface area contributed by atoms with Crippen LogP contribution in [-0.2, 0) is 26.4 Å².